The van der Waals surface area contributed by atoms with E-state index in [1.165, 1.54) is 0 Å². The Kier molecular flexibility index (Phi) is 5.19. The van der Waals surface area contributed by atoms with Crippen LogP contribution in [0.4, 0.5) is 0 Å². The second kappa shape index (κ2) is 5.92. The van der Waals surface area contributed by atoms with Gasteiger partial charge < -0.3 is 4.43 Å². The van der Waals surface area contributed by atoms with Crippen LogP contribution < -0.4 is 0 Å². The van der Waals surface area contributed by atoms with Crippen molar-refractivity contribution in [3.05, 3.63) is 12.2 Å². The molecule has 0 radical (unpaired) electrons. The van der Waals surface area contributed by atoms with Crippen molar-refractivity contribution in [1.29, 1.82) is 0 Å². The summed E-state index contributed by atoms with van der Waals surface area (Å²) in [6, 6.07) is 0. The molecule has 0 fully saturated rings. The van der Waals surface area contributed by atoms with Crippen LogP contribution in [0.3, 0.4) is 0 Å². The zero-order chi connectivity index (χ0) is 14.7. The van der Waals surface area contributed by atoms with Crippen molar-refractivity contribution in [2.24, 2.45) is 5.41 Å². The van der Waals surface area contributed by atoms with Crippen LogP contribution in [0.1, 0.15) is 53.4 Å². The molecule has 0 aromatic rings. The highest BCUT2D eigenvalue weighted by molar-refractivity contribution is 6.74. The van der Waals surface area contributed by atoms with Crippen molar-refractivity contribution in [3.63, 3.8) is 0 Å². The molecule has 0 amide bonds. The number of rotatable bonds is 5. The van der Waals surface area contributed by atoms with Gasteiger partial charge in [0.05, 0.1) is 0 Å². The molecule has 2 nitrogen and oxygen atoms in total. The minimum atomic E-state index is -1.60. The fraction of sp³-hybridized carbons (Fsp3) is 0.812. The summed E-state index contributed by atoms with van der Waals surface area (Å²) in [5, 5.41) is 0.286. The fourth-order valence-corrected chi connectivity index (χ4v) is 3.19. The van der Waals surface area contributed by atoms with E-state index < -0.39 is 8.32 Å². The largest absolute Gasteiger partial charge is 0.417 e. The van der Waals surface area contributed by atoms with Crippen molar-refractivity contribution >= 4 is 14.1 Å². The molecule has 110 valence electrons. The maximum absolute atomic E-state index is 11.2. The molecule has 0 aromatic carbocycles. The molecule has 3 heteroatoms. The number of ketones is 1. The van der Waals surface area contributed by atoms with Gasteiger partial charge in [-0.15, -0.1) is 0 Å². The van der Waals surface area contributed by atoms with E-state index >= 15 is 0 Å². The van der Waals surface area contributed by atoms with E-state index in [-0.39, 0.29) is 16.2 Å². The fourth-order valence-electron chi connectivity index (χ4n) is 2.10. The Morgan fingerprint density at radius 1 is 1.37 bits per heavy atom. The zero-order valence-electron chi connectivity index (χ0n) is 13.5. The summed E-state index contributed by atoms with van der Waals surface area (Å²) in [5.74, 6) is 0.273. The third-order valence-electron chi connectivity index (χ3n) is 4.78. The van der Waals surface area contributed by atoms with Gasteiger partial charge in [-0.25, -0.2) is 0 Å². The normalized spacial score (nSPS) is 24.8. The third kappa shape index (κ3) is 4.88. The Morgan fingerprint density at radius 3 is 2.47 bits per heavy atom. The zero-order valence-corrected chi connectivity index (χ0v) is 14.5. The molecule has 1 aliphatic carbocycles. The molecular formula is C16H30O2Si. The van der Waals surface area contributed by atoms with Crippen LogP contribution in [0.25, 0.3) is 0 Å². The Balaban J connectivity index is 2.36. The number of carbonyl (C=O) groups excluding carboxylic acids is 1. The third-order valence-corrected chi connectivity index (χ3v) is 9.31. The van der Waals surface area contributed by atoms with Crippen LogP contribution in [0, 0.1) is 5.41 Å². The van der Waals surface area contributed by atoms with Crippen molar-refractivity contribution in [3.8, 4) is 0 Å². The van der Waals surface area contributed by atoms with Crippen LogP contribution in [0.15, 0.2) is 12.2 Å². The SMILES string of the molecule is CC(C)(C)[Si](C)(C)OCCC[C@]1(C)C=CC(=O)CC1. The Bertz CT molecular complexity index is 352. The lowest BCUT2D eigenvalue weighted by molar-refractivity contribution is -0.115. The van der Waals surface area contributed by atoms with Crippen LogP contribution in [0.2, 0.25) is 18.1 Å². The summed E-state index contributed by atoms with van der Waals surface area (Å²) in [6.45, 7) is 14.5. The van der Waals surface area contributed by atoms with E-state index in [1.54, 1.807) is 6.08 Å². The number of allylic oxidation sites excluding steroid dienone is 2. The first-order valence-corrected chi connectivity index (χ1v) is 10.3. The van der Waals surface area contributed by atoms with Gasteiger partial charge in [0, 0.05) is 13.0 Å². The van der Waals surface area contributed by atoms with Crippen LogP contribution in [-0.4, -0.2) is 20.7 Å². The maximum atomic E-state index is 11.2. The highest BCUT2D eigenvalue weighted by atomic mass is 28.4. The van der Waals surface area contributed by atoms with Gasteiger partial charge in [-0.3, -0.25) is 4.79 Å². The van der Waals surface area contributed by atoms with Gasteiger partial charge in [0.1, 0.15) is 0 Å². The average Bonchev–Trinajstić information content (AvgIpc) is 2.28. The van der Waals surface area contributed by atoms with E-state index in [4.69, 9.17) is 4.43 Å². The summed E-state index contributed by atoms with van der Waals surface area (Å²) in [7, 11) is -1.60. The van der Waals surface area contributed by atoms with E-state index in [0.717, 1.165) is 25.9 Å². The molecule has 0 spiro atoms. The summed E-state index contributed by atoms with van der Waals surface area (Å²) in [5.41, 5.74) is 0.199. The van der Waals surface area contributed by atoms with Gasteiger partial charge in [0.15, 0.2) is 14.1 Å². The van der Waals surface area contributed by atoms with Crippen LogP contribution in [-0.2, 0) is 9.22 Å². The van der Waals surface area contributed by atoms with Crippen LogP contribution in [0.5, 0.6) is 0 Å². The second-order valence-electron chi connectivity index (χ2n) is 7.67. The second-order valence-corrected chi connectivity index (χ2v) is 12.5. The lowest BCUT2D eigenvalue weighted by Gasteiger charge is -2.36. The number of hydrogen-bond acceptors (Lipinski definition) is 2. The van der Waals surface area contributed by atoms with Gasteiger partial charge in [0.2, 0.25) is 0 Å². The summed E-state index contributed by atoms with van der Waals surface area (Å²) >= 11 is 0. The van der Waals surface area contributed by atoms with E-state index in [0.29, 0.717) is 6.42 Å². The monoisotopic (exact) mass is 282 g/mol. The van der Waals surface area contributed by atoms with Gasteiger partial charge in [-0.1, -0.05) is 33.8 Å². The average molecular weight is 282 g/mol. The molecule has 0 aromatic heterocycles. The summed E-state index contributed by atoms with van der Waals surface area (Å²) in [4.78, 5) is 11.2. The number of carbonyl (C=O) groups is 1. The van der Waals surface area contributed by atoms with E-state index in [9.17, 15) is 4.79 Å². The molecule has 1 atom stereocenters. The molecule has 19 heavy (non-hydrogen) atoms. The Labute approximate surface area is 119 Å². The van der Waals surface area contributed by atoms with Gasteiger partial charge in [-0.2, -0.15) is 0 Å². The van der Waals surface area contributed by atoms with Crippen molar-refractivity contribution in [2.45, 2.75) is 71.5 Å². The molecule has 0 aliphatic heterocycles. The Hall–Kier alpha value is -0.413. The molecule has 0 saturated heterocycles. The predicted octanol–water partition coefficient (Wildman–Crippen LogP) is 4.71. The first-order valence-electron chi connectivity index (χ1n) is 7.42. The van der Waals surface area contributed by atoms with Crippen molar-refractivity contribution < 1.29 is 9.22 Å². The molecule has 0 unspecified atom stereocenters. The van der Waals surface area contributed by atoms with Gasteiger partial charge >= 0.3 is 0 Å². The quantitative estimate of drug-likeness (QED) is 0.539. The standard InChI is InChI=1S/C16H30O2Si/c1-15(2,3)19(5,6)18-13-7-10-16(4)11-8-14(17)9-12-16/h8,11H,7,9-10,12-13H2,1-6H3/t16-/m1/s1. The Morgan fingerprint density at radius 2 is 2.00 bits per heavy atom. The first kappa shape index (κ1) is 16.6. The summed E-state index contributed by atoms with van der Waals surface area (Å²) in [6.07, 6.45) is 7.76. The minimum Gasteiger partial charge on any atom is -0.417 e. The first-order chi connectivity index (χ1) is 8.56. The van der Waals surface area contributed by atoms with E-state index in [2.05, 4.69) is 46.9 Å². The lowest BCUT2D eigenvalue weighted by Crippen LogP contribution is -2.41. The minimum absolute atomic E-state index is 0.199. The number of hydrogen-bond donors (Lipinski definition) is 0. The highest BCUT2D eigenvalue weighted by Gasteiger charge is 2.37. The lowest BCUT2D eigenvalue weighted by atomic mass is 9.77. The molecule has 1 rings (SSSR count). The highest BCUT2D eigenvalue weighted by Crippen LogP contribution is 2.37. The van der Waals surface area contributed by atoms with Gasteiger partial charge in [-0.05, 0) is 48.9 Å². The predicted molar refractivity (Wildman–Crippen MR) is 83.9 cm³/mol. The van der Waals surface area contributed by atoms with Crippen LogP contribution >= 0.6 is 0 Å². The summed E-state index contributed by atoms with van der Waals surface area (Å²) < 4.78 is 6.20. The molecule has 1 aliphatic rings. The molecular weight excluding hydrogens is 252 g/mol. The topological polar surface area (TPSA) is 26.3 Å². The smallest absolute Gasteiger partial charge is 0.191 e. The maximum Gasteiger partial charge on any atom is 0.191 e. The van der Waals surface area contributed by atoms with E-state index in [1.807, 2.05) is 0 Å². The van der Waals surface area contributed by atoms with Gasteiger partial charge in [0.25, 0.3) is 0 Å². The molecule has 0 N–H and O–H groups in total. The molecule has 0 saturated carbocycles. The molecule has 0 heterocycles. The molecule has 0 bridgehead atoms. The van der Waals surface area contributed by atoms with Crippen molar-refractivity contribution in [1.82, 2.24) is 0 Å². The van der Waals surface area contributed by atoms with Crippen molar-refractivity contribution in [2.75, 3.05) is 6.61 Å².